The van der Waals surface area contributed by atoms with Crippen LogP contribution in [0.5, 0.6) is 11.5 Å². The van der Waals surface area contributed by atoms with Crippen molar-refractivity contribution in [3.8, 4) is 11.5 Å². The number of halogens is 1. The third-order valence-electron chi connectivity index (χ3n) is 5.87. The highest BCUT2D eigenvalue weighted by molar-refractivity contribution is 5.27. The van der Waals surface area contributed by atoms with Crippen molar-refractivity contribution in [2.75, 3.05) is 19.7 Å². The molecule has 0 aliphatic carbocycles. The minimum atomic E-state index is -1.03. The van der Waals surface area contributed by atoms with E-state index in [4.69, 9.17) is 9.47 Å². The summed E-state index contributed by atoms with van der Waals surface area (Å²) >= 11 is 0. The maximum Gasteiger partial charge on any atom is 0.129 e. The molecule has 0 spiro atoms. The predicted octanol–water partition coefficient (Wildman–Crippen LogP) is 3.81. The Hall–Kier alpha value is -2.90. The van der Waals surface area contributed by atoms with Crippen LogP contribution in [0.1, 0.15) is 24.7 Å². The van der Waals surface area contributed by atoms with Crippen molar-refractivity contribution < 1.29 is 19.0 Å². The van der Waals surface area contributed by atoms with Gasteiger partial charge in [0.05, 0.1) is 6.54 Å². The first-order valence-electron chi connectivity index (χ1n) is 11.0. The number of imidazole rings is 1. The van der Waals surface area contributed by atoms with Gasteiger partial charge in [-0.15, -0.1) is 0 Å². The number of hydrogen-bond acceptors (Lipinski definition) is 5. The van der Waals surface area contributed by atoms with E-state index in [1.807, 2.05) is 25.3 Å². The molecule has 2 aromatic carbocycles. The van der Waals surface area contributed by atoms with Gasteiger partial charge in [0.15, 0.2) is 0 Å². The Morgan fingerprint density at radius 3 is 2.69 bits per heavy atom. The number of piperidine rings is 1. The minimum absolute atomic E-state index is 0.344. The fraction of sp³-hybridized carbons (Fsp3) is 0.400. The second kappa shape index (κ2) is 9.71. The van der Waals surface area contributed by atoms with Crippen LogP contribution in [0, 0.1) is 12.7 Å². The molecule has 1 N–H and O–H groups in total. The molecule has 0 amide bonds. The molecular weight excluding hydrogens is 409 g/mol. The number of rotatable bonds is 8. The normalized spacial score (nSPS) is 21.4. The Balaban J connectivity index is 1.27. The van der Waals surface area contributed by atoms with E-state index in [9.17, 15) is 9.50 Å². The zero-order valence-corrected chi connectivity index (χ0v) is 18.6. The van der Waals surface area contributed by atoms with E-state index >= 15 is 0 Å². The van der Waals surface area contributed by atoms with E-state index in [0.29, 0.717) is 25.3 Å². The molecule has 2 atom stereocenters. The molecule has 0 bridgehead atoms. The fourth-order valence-electron chi connectivity index (χ4n) is 4.12. The molecule has 6 nitrogen and oxygen atoms in total. The second-order valence-electron chi connectivity index (χ2n) is 8.58. The summed E-state index contributed by atoms with van der Waals surface area (Å²) in [5.74, 6) is 1.91. The Labute approximate surface area is 188 Å². The van der Waals surface area contributed by atoms with Gasteiger partial charge < -0.3 is 19.1 Å². The number of aryl methyl sites for hydroxylation is 1. The molecule has 1 saturated heterocycles. The van der Waals surface area contributed by atoms with Crippen LogP contribution in [-0.2, 0) is 13.1 Å². The summed E-state index contributed by atoms with van der Waals surface area (Å²) in [5, 5.41) is 11.0. The molecule has 0 saturated carbocycles. The van der Waals surface area contributed by atoms with E-state index in [1.165, 1.54) is 12.1 Å². The monoisotopic (exact) mass is 439 g/mol. The van der Waals surface area contributed by atoms with Gasteiger partial charge in [0, 0.05) is 38.1 Å². The standard InChI is InChI=1S/C25H30FN3O3/c1-19-27-11-13-29(19)14-15-31-22-8-6-20(7-9-22)17-28-12-10-24(25(2,30)18-28)32-23-5-3-4-21(26)16-23/h3-9,11,13,16,24,30H,10,12,14-15,17-18H2,1-2H3/t24-,25-/m0/s1. The average molecular weight is 440 g/mol. The maximum absolute atomic E-state index is 13.4. The molecule has 1 aromatic heterocycles. The lowest BCUT2D eigenvalue weighted by Gasteiger charge is -2.42. The highest BCUT2D eigenvalue weighted by Crippen LogP contribution is 2.28. The number of benzene rings is 2. The summed E-state index contributed by atoms with van der Waals surface area (Å²) in [5.41, 5.74) is 0.127. The van der Waals surface area contributed by atoms with Gasteiger partial charge in [-0.25, -0.2) is 9.37 Å². The third kappa shape index (κ3) is 5.66. The van der Waals surface area contributed by atoms with Crippen LogP contribution < -0.4 is 9.47 Å². The van der Waals surface area contributed by atoms with E-state index in [2.05, 4.69) is 26.6 Å². The molecule has 0 radical (unpaired) electrons. The number of β-amino-alcohol motifs (C(OH)–C–C–N with tert-alkyl or cyclic N) is 1. The van der Waals surface area contributed by atoms with Gasteiger partial charge in [0.1, 0.15) is 41.5 Å². The van der Waals surface area contributed by atoms with Crippen LogP contribution in [-0.4, -0.2) is 51.0 Å². The van der Waals surface area contributed by atoms with Crippen molar-refractivity contribution in [1.82, 2.24) is 14.5 Å². The van der Waals surface area contributed by atoms with Gasteiger partial charge in [0.25, 0.3) is 0 Å². The third-order valence-corrected chi connectivity index (χ3v) is 5.87. The molecule has 1 fully saturated rings. The quantitative estimate of drug-likeness (QED) is 0.578. The zero-order valence-electron chi connectivity index (χ0n) is 18.6. The molecule has 0 unspecified atom stereocenters. The average Bonchev–Trinajstić information content (AvgIpc) is 3.16. The molecule has 1 aliphatic rings. The predicted molar refractivity (Wildman–Crippen MR) is 120 cm³/mol. The molecule has 7 heteroatoms. The Kier molecular flexibility index (Phi) is 6.77. The molecule has 2 heterocycles. The summed E-state index contributed by atoms with van der Waals surface area (Å²) in [7, 11) is 0. The van der Waals surface area contributed by atoms with E-state index in [-0.39, 0.29) is 11.9 Å². The summed E-state index contributed by atoms with van der Waals surface area (Å²) < 4.78 is 27.2. The van der Waals surface area contributed by atoms with Gasteiger partial charge in [-0.2, -0.15) is 0 Å². The van der Waals surface area contributed by atoms with Crippen molar-refractivity contribution in [2.24, 2.45) is 0 Å². The maximum atomic E-state index is 13.4. The summed E-state index contributed by atoms with van der Waals surface area (Å²) in [6.45, 7) is 7.10. The van der Waals surface area contributed by atoms with Crippen LogP contribution in [0.2, 0.25) is 0 Å². The van der Waals surface area contributed by atoms with Crippen LogP contribution in [0.3, 0.4) is 0 Å². The number of aliphatic hydroxyl groups is 1. The summed E-state index contributed by atoms with van der Waals surface area (Å²) in [6, 6.07) is 14.1. The minimum Gasteiger partial charge on any atom is -0.492 e. The summed E-state index contributed by atoms with van der Waals surface area (Å²) in [6.07, 6.45) is 4.02. The first kappa shape index (κ1) is 22.3. The second-order valence-corrected chi connectivity index (χ2v) is 8.58. The lowest BCUT2D eigenvalue weighted by Crippen LogP contribution is -2.56. The van der Waals surface area contributed by atoms with Gasteiger partial charge >= 0.3 is 0 Å². The molecule has 4 rings (SSSR count). The number of likely N-dealkylation sites (tertiary alicyclic amines) is 1. The topological polar surface area (TPSA) is 59.8 Å². The Morgan fingerprint density at radius 1 is 1.19 bits per heavy atom. The highest BCUT2D eigenvalue weighted by atomic mass is 19.1. The van der Waals surface area contributed by atoms with Gasteiger partial charge in [0.2, 0.25) is 0 Å². The van der Waals surface area contributed by atoms with Crippen LogP contribution >= 0.6 is 0 Å². The smallest absolute Gasteiger partial charge is 0.129 e. The zero-order chi connectivity index (χ0) is 22.6. The van der Waals surface area contributed by atoms with Crippen LogP contribution in [0.15, 0.2) is 60.9 Å². The Morgan fingerprint density at radius 2 is 2.00 bits per heavy atom. The SMILES string of the molecule is Cc1nccn1CCOc1ccc(CN2CC[C@H](Oc3cccc(F)c3)[C@@](C)(O)C2)cc1. The molecule has 32 heavy (non-hydrogen) atoms. The number of nitrogens with zero attached hydrogens (tertiary/aromatic N) is 3. The fourth-order valence-corrected chi connectivity index (χ4v) is 4.12. The lowest BCUT2D eigenvalue weighted by atomic mass is 9.91. The van der Waals surface area contributed by atoms with Crippen molar-refractivity contribution in [3.63, 3.8) is 0 Å². The largest absolute Gasteiger partial charge is 0.492 e. The van der Waals surface area contributed by atoms with Crippen molar-refractivity contribution in [1.29, 1.82) is 0 Å². The first-order chi connectivity index (χ1) is 15.4. The number of aromatic nitrogens is 2. The van der Waals surface area contributed by atoms with E-state index < -0.39 is 5.60 Å². The molecule has 3 aromatic rings. The summed E-state index contributed by atoms with van der Waals surface area (Å²) in [4.78, 5) is 6.42. The van der Waals surface area contributed by atoms with Gasteiger partial charge in [-0.3, -0.25) is 4.90 Å². The van der Waals surface area contributed by atoms with Crippen LogP contribution in [0.4, 0.5) is 4.39 Å². The van der Waals surface area contributed by atoms with E-state index in [1.54, 1.807) is 25.3 Å². The van der Waals surface area contributed by atoms with Crippen molar-refractivity contribution in [3.05, 3.63) is 78.1 Å². The van der Waals surface area contributed by atoms with E-state index in [0.717, 1.165) is 36.8 Å². The lowest BCUT2D eigenvalue weighted by molar-refractivity contribution is -0.0993. The van der Waals surface area contributed by atoms with Crippen LogP contribution in [0.25, 0.3) is 0 Å². The molecular formula is C25H30FN3O3. The Bertz CT molecular complexity index is 1020. The van der Waals surface area contributed by atoms with Gasteiger partial charge in [-0.1, -0.05) is 18.2 Å². The van der Waals surface area contributed by atoms with Crippen molar-refractivity contribution >= 4 is 0 Å². The first-order valence-corrected chi connectivity index (χ1v) is 11.0. The molecule has 1 aliphatic heterocycles. The molecule has 170 valence electrons. The number of ether oxygens (including phenoxy) is 2. The van der Waals surface area contributed by atoms with Crippen molar-refractivity contribution in [2.45, 2.75) is 45.1 Å². The number of hydrogen-bond donors (Lipinski definition) is 1. The van der Waals surface area contributed by atoms with Gasteiger partial charge in [-0.05, 0) is 50.1 Å². The highest BCUT2D eigenvalue weighted by Gasteiger charge is 2.39.